The van der Waals surface area contributed by atoms with E-state index in [9.17, 15) is 0 Å². The van der Waals surface area contributed by atoms with Gasteiger partial charge < -0.3 is 5.32 Å². The Kier molecular flexibility index (Phi) is 1.52. The fourth-order valence-corrected chi connectivity index (χ4v) is 1.33. The van der Waals surface area contributed by atoms with Gasteiger partial charge in [0.15, 0.2) is 0 Å². The summed E-state index contributed by atoms with van der Waals surface area (Å²) in [5.74, 6) is 1.79. The van der Waals surface area contributed by atoms with E-state index in [0.717, 1.165) is 24.9 Å². The molecule has 2 heterocycles. The Morgan fingerprint density at radius 3 is 3.27 bits per heavy atom. The summed E-state index contributed by atoms with van der Waals surface area (Å²) in [6, 6.07) is 0. The maximum absolute atomic E-state index is 4.25. The third-order valence-electron chi connectivity index (χ3n) is 1.86. The van der Waals surface area contributed by atoms with E-state index in [2.05, 4.69) is 15.4 Å². The molecule has 0 saturated carbocycles. The van der Waals surface area contributed by atoms with Crippen molar-refractivity contribution in [3.05, 3.63) is 5.82 Å². The second-order valence-electron chi connectivity index (χ2n) is 2.84. The van der Waals surface area contributed by atoms with Gasteiger partial charge in [-0.3, -0.25) is 0 Å². The van der Waals surface area contributed by atoms with Gasteiger partial charge in [-0.25, -0.2) is 4.68 Å². The lowest BCUT2D eigenvalue weighted by Crippen LogP contribution is -2.03. The van der Waals surface area contributed by atoms with Gasteiger partial charge in [0, 0.05) is 13.1 Å². The molecule has 0 fully saturated rings. The van der Waals surface area contributed by atoms with Crippen molar-refractivity contribution in [1.29, 1.82) is 0 Å². The van der Waals surface area contributed by atoms with Gasteiger partial charge in [-0.05, 0) is 19.8 Å². The van der Waals surface area contributed by atoms with Crippen LogP contribution in [-0.2, 0) is 6.54 Å². The zero-order valence-corrected chi connectivity index (χ0v) is 6.67. The van der Waals surface area contributed by atoms with Crippen LogP contribution in [-0.4, -0.2) is 21.3 Å². The quantitative estimate of drug-likeness (QED) is 0.597. The average molecular weight is 152 g/mol. The molecule has 0 saturated heterocycles. The van der Waals surface area contributed by atoms with Crippen LogP contribution in [0, 0.1) is 6.92 Å². The van der Waals surface area contributed by atoms with Gasteiger partial charge in [-0.15, -0.1) is 0 Å². The molecule has 1 aromatic heterocycles. The molecule has 2 rings (SSSR count). The molecule has 0 bridgehead atoms. The molecule has 1 aliphatic heterocycles. The number of aromatic nitrogens is 3. The van der Waals surface area contributed by atoms with Crippen molar-refractivity contribution in [1.82, 2.24) is 14.8 Å². The van der Waals surface area contributed by atoms with Gasteiger partial charge in [0.1, 0.15) is 5.82 Å². The van der Waals surface area contributed by atoms with Crippen LogP contribution in [0.5, 0.6) is 0 Å². The van der Waals surface area contributed by atoms with E-state index in [1.807, 2.05) is 11.6 Å². The van der Waals surface area contributed by atoms with Crippen LogP contribution < -0.4 is 5.32 Å². The van der Waals surface area contributed by atoms with Crippen LogP contribution in [0.1, 0.15) is 18.7 Å². The smallest absolute Gasteiger partial charge is 0.221 e. The first-order chi connectivity index (χ1) is 5.36. The van der Waals surface area contributed by atoms with Gasteiger partial charge in [-0.1, -0.05) is 0 Å². The summed E-state index contributed by atoms with van der Waals surface area (Å²) in [4.78, 5) is 4.25. The number of hydrogen-bond donors (Lipinski definition) is 1. The zero-order chi connectivity index (χ0) is 7.68. The highest BCUT2D eigenvalue weighted by molar-refractivity contribution is 5.25. The first-order valence-electron chi connectivity index (χ1n) is 4.01. The molecule has 0 spiro atoms. The number of aryl methyl sites for hydroxylation is 2. The second kappa shape index (κ2) is 2.53. The van der Waals surface area contributed by atoms with Crippen molar-refractivity contribution in [3.63, 3.8) is 0 Å². The molecule has 0 atom stereocenters. The third-order valence-corrected chi connectivity index (χ3v) is 1.86. The monoisotopic (exact) mass is 152 g/mol. The van der Waals surface area contributed by atoms with E-state index >= 15 is 0 Å². The zero-order valence-electron chi connectivity index (χ0n) is 6.67. The van der Waals surface area contributed by atoms with Crippen molar-refractivity contribution in [2.75, 3.05) is 11.9 Å². The first kappa shape index (κ1) is 6.64. The molecule has 0 aromatic carbocycles. The van der Waals surface area contributed by atoms with E-state index in [1.54, 1.807) is 0 Å². The molecule has 1 N–H and O–H groups in total. The molecule has 1 aliphatic rings. The van der Waals surface area contributed by atoms with E-state index in [-0.39, 0.29) is 0 Å². The normalized spacial score (nSPS) is 16.8. The second-order valence-corrected chi connectivity index (χ2v) is 2.84. The van der Waals surface area contributed by atoms with Crippen LogP contribution in [0.15, 0.2) is 0 Å². The number of nitrogens with zero attached hydrogens (tertiary/aromatic N) is 3. The molecule has 4 nitrogen and oxygen atoms in total. The lowest BCUT2D eigenvalue weighted by Gasteiger charge is -1.98. The highest BCUT2D eigenvalue weighted by Gasteiger charge is 2.08. The van der Waals surface area contributed by atoms with Crippen LogP contribution >= 0.6 is 0 Å². The van der Waals surface area contributed by atoms with Crippen LogP contribution in [0.2, 0.25) is 0 Å². The Morgan fingerprint density at radius 1 is 1.45 bits per heavy atom. The Balaban J connectivity index is 2.32. The van der Waals surface area contributed by atoms with Gasteiger partial charge in [0.2, 0.25) is 5.95 Å². The van der Waals surface area contributed by atoms with Crippen LogP contribution in [0.3, 0.4) is 0 Å². The fraction of sp³-hybridized carbons (Fsp3) is 0.714. The predicted molar refractivity (Wildman–Crippen MR) is 42.5 cm³/mol. The van der Waals surface area contributed by atoms with Crippen molar-refractivity contribution in [3.8, 4) is 0 Å². The molecular formula is C7H12N4. The summed E-state index contributed by atoms with van der Waals surface area (Å²) in [7, 11) is 0. The minimum Gasteiger partial charge on any atom is -0.354 e. The van der Waals surface area contributed by atoms with E-state index in [0.29, 0.717) is 0 Å². The van der Waals surface area contributed by atoms with Crippen molar-refractivity contribution in [2.24, 2.45) is 0 Å². The third kappa shape index (κ3) is 1.20. The number of fused-ring (bicyclic) bond motifs is 1. The standard InChI is InChI=1S/C7H12N4/c1-6-9-7-8-4-2-3-5-11(7)10-6/h2-5H2,1H3,(H,8,9,10). The minimum absolute atomic E-state index is 0.856. The number of hydrogen-bond acceptors (Lipinski definition) is 3. The predicted octanol–water partition coefficient (Wildman–Crippen LogP) is 0.792. The maximum Gasteiger partial charge on any atom is 0.221 e. The Morgan fingerprint density at radius 2 is 2.36 bits per heavy atom. The lowest BCUT2D eigenvalue weighted by molar-refractivity contribution is 0.589. The summed E-state index contributed by atoms with van der Waals surface area (Å²) in [5, 5.41) is 7.49. The van der Waals surface area contributed by atoms with Crippen LogP contribution in [0.25, 0.3) is 0 Å². The average Bonchev–Trinajstić information content (AvgIpc) is 2.17. The van der Waals surface area contributed by atoms with Gasteiger partial charge in [0.05, 0.1) is 0 Å². The van der Waals surface area contributed by atoms with Crippen molar-refractivity contribution in [2.45, 2.75) is 26.3 Å². The van der Waals surface area contributed by atoms with Gasteiger partial charge in [-0.2, -0.15) is 10.1 Å². The van der Waals surface area contributed by atoms with Gasteiger partial charge in [0.25, 0.3) is 0 Å². The summed E-state index contributed by atoms with van der Waals surface area (Å²) in [6.45, 7) is 3.95. The number of anilines is 1. The lowest BCUT2D eigenvalue weighted by atomic mass is 10.3. The van der Waals surface area contributed by atoms with E-state index in [4.69, 9.17) is 0 Å². The summed E-state index contributed by atoms with van der Waals surface area (Å²) in [6.07, 6.45) is 2.41. The summed E-state index contributed by atoms with van der Waals surface area (Å²) < 4.78 is 1.95. The minimum atomic E-state index is 0.856. The molecule has 0 radical (unpaired) electrons. The number of rotatable bonds is 0. The molecule has 0 unspecified atom stereocenters. The molecular weight excluding hydrogens is 140 g/mol. The molecule has 1 aromatic rings. The van der Waals surface area contributed by atoms with E-state index < -0.39 is 0 Å². The molecule has 0 aliphatic carbocycles. The molecule has 11 heavy (non-hydrogen) atoms. The highest BCUT2D eigenvalue weighted by Crippen LogP contribution is 2.09. The molecule has 60 valence electrons. The summed E-state index contributed by atoms with van der Waals surface area (Å²) >= 11 is 0. The maximum atomic E-state index is 4.25. The Labute approximate surface area is 65.6 Å². The van der Waals surface area contributed by atoms with E-state index in [1.165, 1.54) is 12.8 Å². The van der Waals surface area contributed by atoms with Crippen molar-refractivity contribution < 1.29 is 0 Å². The van der Waals surface area contributed by atoms with Crippen molar-refractivity contribution >= 4 is 5.95 Å². The van der Waals surface area contributed by atoms with Gasteiger partial charge >= 0.3 is 0 Å². The number of nitrogens with one attached hydrogen (secondary N) is 1. The largest absolute Gasteiger partial charge is 0.354 e. The topological polar surface area (TPSA) is 42.7 Å². The van der Waals surface area contributed by atoms with Crippen LogP contribution in [0.4, 0.5) is 5.95 Å². The first-order valence-corrected chi connectivity index (χ1v) is 4.01. The molecule has 0 amide bonds. The Hall–Kier alpha value is -1.06. The SMILES string of the molecule is Cc1nc2n(n1)CCCCN2. The molecule has 4 heteroatoms. The Bertz CT molecular complexity index is 229. The highest BCUT2D eigenvalue weighted by atomic mass is 15.4. The fourth-order valence-electron chi connectivity index (χ4n) is 1.33. The summed E-state index contributed by atoms with van der Waals surface area (Å²) in [5.41, 5.74) is 0.